The van der Waals surface area contributed by atoms with E-state index >= 15 is 0 Å². The fourth-order valence-corrected chi connectivity index (χ4v) is 4.13. The molecule has 3 N–H and O–H groups in total. The summed E-state index contributed by atoms with van der Waals surface area (Å²) in [6, 6.07) is 9.56. The summed E-state index contributed by atoms with van der Waals surface area (Å²) < 4.78 is 50.6. The lowest BCUT2D eigenvalue weighted by Gasteiger charge is -2.08. The number of hydrogen-bond donors (Lipinski definition) is 3. The van der Waals surface area contributed by atoms with E-state index in [2.05, 4.69) is 31.6 Å². The molecule has 3 rings (SSSR count). The molecule has 2 aromatic carbocycles. The van der Waals surface area contributed by atoms with Crippen molar-refractivity contribution in [2.75, 3.05) is 20.8 Å². The summed E-state index contributed by atoms with van der Waals surface area (Å²) in [5.41, 5.74) is -0.607. The fraction of sp³-hybridized carbons (Fsp3) is 0.200. The number of methoxy groups -OCH3 is 2. The molecule has 0 unspecified atom stereocenters. The summed E-state index contributed by atoms with van der Waals surface area (Å²) in [5.74, 6) is 2.69. The maximum Gasteiger partial charge on any atom is 0.328 e. The van der Waals surface area contributed by atoms with Crippen LogP contribution in [0.1, 0.15) is 16.7 Å². The number of H-pyrrole nitrogens is 1. The Kier molecular flexibility index (Phi) is 9.37. The van der Waals surface area contributed by atoms with Crippen LogP contribution in [0.4, 0.5) is 4.39 Å². The molecular formula is C25H23FN4O8S. The zero-order chi connectivity index (χ0) is 28.6. The van der Waals surface area contributed by atoms with E-state index in [1.807, 2.05) is 0 Å². The van der Waals surface area contributed by atoms with Crippen molar-refractivity contribution in [2.24, 2.45) is 0 Å². The number of sulfonamides is 1. The summed E-state index contributed by atoms with van der Waals surface area (Å²) in [4.78, 5) is 49.7. The number of carbonyl (C=O) groups is 2. The first-order valence-electron chi connectivity index (χ1n) is 11.1. The molecule has 0 aliphatic carbocycles. The molecule has 14 heteroatoms. The van der Waals surface area contributed by atoms with Crippen molar-refractivity contribution >= 4 is 21.9 Å². The number of amides is 1. The number of benzene rings is 2. The normalized spacial score (nSPS) is 10.7. The SMILES string of the molecule is COC(=O)CNS(=O)(=O)c1ccc(Cn2cc(C#CC(=O)NCc3ccc(F)c(OC)c3)c(=O)[nH]c2=O)cc1. The van der Waals surface area contributed by atoms with Crippen molar-refractivity contribution < 1.29 is 31.9 Å². The predicted octanol–water partition coefficient (Wildman–Crippen LogP) is -0.148. The summed E-state index contributed by atoms with van der Waals surface area (Å²) >= 11 is 0. The third-order valence-corrected chi connectivity index (χ3v) is 6.63. The number of rotatable bonds is 9. The standard InChI is InChI=1S/C25H23FN4O8S/c1-37-21-11-17(5-9-20(21)26)12-27-22(31)10-6-18-15-30(25(34)29-24(18)33)14-16-3-7-19(8-4-16)39(35,36)28-13-23(32)38-2/h3-5,7-9,11,15,28H,12-14H2,1-2H3,(H,27,31)(H,29,33,34). The van der Waals surface area contributed by atoms with Gasteiger partial charge in [-0.3, -0.25) is 23.9 Å². The van der Waals surface area contributed by atoms with E-state index in [4.69, 9.17) is 4.74 Å². The minimum atomic E-state index is -3.97. The fourth-order valence-electron chi connectivity index (χ4n) is 3.16. The second-order valence-electron chi connectivity index (χ2n) is 7.88. The smallest absolute Gasteiger partial charge is 0.328 e. The summed E-state index contributed by atoms with van der Waals surface area (Å²) in [7, 11) is -1.52. The summed E-state index contributed by atoms with van der Waals surface area (Å²) in [6.45, 7) is -0.543. The Balaban J connectivity index is 1.70. The number of ether oxygens (including phenoxy) is 2. The molecular weight excluding hydrogens is 535 g/mol. The van der Waals surface area contributed by atoms with Gasteiger partial charge in [-0.15, -0.1) is 0 Å². The third-order valence-electron chi connectivity index (χ3n) is 5.21. The van der Waals surface area contributed by atoms with E-state index in [1.54, 1.807) is 0 Å². The van der Waals surface area contributed by atoms with Crippen LogP contribution in [0, 0.1) is 17.7 Å². The zero-order valence-corrected chi connectivity index (χ0v) is 21.6. The molecule has 0 saturated carbocycles. The van der Waals surface area contributed by atoms with E-state index in [9.17, 15) is 32.0 Å². The molecule has 204 valence electrons. The van der Waals surface area contributed by atoms with Crippen LogP contribution in [0.3, 0.4) is 0 Å². The Labute approximate surface area is 221 Å². The quantitative estimate of drug-likeness (QED) is 0.241. The minimum Gasteiger partial charge on any atom is -0.494 e. The first-order valence-corrected chi connectivity index (χ1v) is 12.6. The Bertz CT molecular complexity index is 1670. The molecule has 0 atom stereocenters. The van der Waals surface area contributed by atoms with Crippen molar-refractivity contribution in [3.63, 3.8) is 0 Å². The van der Waals surface area contributed by atoms with Gasteiger partial charge in [0.25, 0.3) is 11.5 Å². The molecule has 0 aliphatic rings. The van der Waals surface area contributed by atoms with Crippen LogP contribution in [0.15, 0.2) is 63.1 Å². The average molecular weight is 559 g/mol. The van der Waals surface area contributed by atoms with Crippen molar-refractivity contribution in [3.8, 4) is 17.6 Å². The van der Waals surface area contributed by atoms with Crippen LogP contribution in [-0.4, -0.2) is 50.6 Å². The van der Waals surface area contributed by atoms with E-state index in [-0.39, 0.29) is 29.3 Å². The van der Waals surface area contributed by atoms with Crippen LogP contribution >= 0.6 is 0 Å². The number of nitrogens with zero attached hydrogens (tertiary/aromatic N) is 1. The number of aromatic amines is 1. The largest absolute Gasteiger partial charge is 0.494 e. The van der Waals surface area contributed by atoms with Gasteiger partial charge in [0.2, 0.25) is 10.0 Å². The molecule has 3 aromatic rings. The molecule has 0 saturated heterocycles. The number of esters is 1. The molecule has 1 aromatic heterocycles. The van der Waals surface area contributed by atoms with Crippen LogP contribution in [0.25, 0.3) is 0 Å². The van der Waals surface area contributed by atoms with E-state index < -0.39 is 45.5 Å². The highest BCUT2D eigenvalue weighted by atomic mass is 32.2. The predicted molar refractivity (Wildman–Crippen MR) is 136 cm³/mol. The van der Waals surface area contributed by atoms with Crippen LogP contribution in [0.2, 0.25) is 0 Å². The molecule has 0 aliphatic heterocycles. The van der Waals surface area contributed by atoms with Crippen molar-refractivity contribution in [3.05, 3.63) is 92.0 Å². The van der Waals surface area contributed by atoms with Gasteiger partial charge in [-0.25, -0.2) is 17.6 Å². The van der Waals surface area contributed by atoms with E-state index in [1.165, 1.54) is 55.8 Å². The first-order chi connectivity index (χ1) is 18.5. The number of hydrogen-bond acceptors (Lipinski definition) is 8. The van der Waals surface area contributed by atoms with E-state index in [0.29, 0.717) is 11.1 Å². The van der Waals surface area contributed by atoms with Gasteiger partial charge >= 0.3 is 11.7 Å². The van der Waals surface area contributed by atoms with Gasteiger partial charge in [0.1, 0.15) is 12.1 Å². The zero-order valence-electron chi connectivity index (χ0n) is 20.7. The Morgan fingerprint density at radius 3 is 2.44 bits per heavy atom. The molecule has 1 amide bonds. The molecule has 1 heterocycles. The Morgan fingerprint density at radius 1 is 1.08 bits per heavy atom. The number of halogens is 1. The van der Waals surface area contributed by atoms with Gasteiger partial charge in [0.15, 0.2) is 11.6 Å². The van der Waals surface area contributed by atoms with Gasteiger partial charge in [-0.1, -0.05) is 18.2 Å². The molecule has 0 fully saturated rings. The van der Waals surface area contributed by atoms with Crippen LogP contribution in [-0.2, 0) is 37.4 Å². The van der Waals surface area contributed by atoms with Crippen molar-refractivity contribution in [1.82, 2.24) is 19.6 Å². The highest BCUT2D eigenvalue weighted by Crippen LogP contribution is 2.18. The van der Waals surface area contributed by atoms with E-state index in [0.717, 1.165) is 11.7 Å². The monoisotopic (exact) mass is 558 g/mol. The first kappa shape index (κ1) is 28.8. The van der Waals surface area contributed by atoms with Crippen molar-refractivity contribution in [2.45, 2.75) is 18.0 Å². The molecule has 0 bridgehead atoms. The number of nitrogens with one attached hydrogen (secondary N) is 3. The highest BCUT2D eigenvalue weighted by Gasteiger charge is 2.16. The second kappa shape index (κ2) is 12.7. The molecule has 0 spiro atoms. The molecule has 12 nitrogen and oxygen atoms in total. The Hall–Kier alpha value is -4.74. The van der Waals surface area contributed by atoms with Gasteiger partial charge in [-0.2, -0.15) is 4.72 Å². The number of carbonyl (C=O) groups excluding carboxylic acids is 2. The summed E-state index contributed by atoms with van der Waals surface area (Å²) in [6.07, 6.45) is 1.18. The lowest BCUT2D eigenvalue weighted by Crippen LogP contribution is -2.31. The van der Waals surface area contributed by atoms with Gasteiger partial charge < -0.3 is 14.8 Å². The number of aromatic nitrogens is 2. The average Bonchev–Trinajstić information content (AvgIpc) is 2.92. The maximum atomic E-state index is 13.5. The Morgan fingerprint density at radius 2 is 1.77 bits per heavy atom. The third kappa shape index (κ3) is 7.87. The van der Waals surface area contributed by atoms with Crippen LogP contribution in [0.5, 0.6) is 5.75 Å². The molecule has 39 heavy (non-hydrogen) atoms. The summed E-state index contributed by atoms with van der Waals surface area (Å²) in [5, 5.41) is 2.51. The highest BCUT2D eigenvalue weighted by molar-refractivity contribution is 7.89. The topological polar surface area (TPSA) is 166 Å². The van der Waals surface area contributed by atoms with Crippen molar-refractivity contribution in [1.29, 1.82) is 0 Å². The lowest BCUT2D eigenvalue weighted by atomic mass is 10.2. The lowest BCUT2D eigenvalue weighted by molar-refractivity contribution is -0.139. The minimum absolute atomic E-state index is 0.0214. The molecule has 0 radical (unpaired) electrons. The van der Waals surface area contributed by atoms with Gasteiger partial charge in [0.05, 0.1) is 25.7 Å². The van der Waals surface area contributed by atoms with Gasteiger partial charge in [-0.05, 0) is 41.3 Å². The van der Waals surface area contributed by atoms with Crippen LogP contribution < -0.4 is 26.0 Å². The second-order valence-corrected chi connectivity index (χ2v) is 9.64. The maximum absolute atomic E-state index is 13.5. The van der Waals surface area contributed by atoms with Gasteiger partial charge in [0, 0.05) is 18.7 Å².